The Morgan fingerprint density at radius 3 is 2.54 bits per heavy atom. The van der Waals surface area contributed by atoms with Gasteiger partial charge in [-0.1, -0.05) is 24.3 Å². The topological polar surface area (TPSA) is 114 Å². The van der Waals surface area contributed by atoms with Crippen LogP contribution in [0.15, 0.2) is 30.6 Å². The van der Waals surface area contributed by atoms with E-state index in [1.807, 2.05) is 28.8 Å². The van der Waals surface area contributed by atoms with E-state index in [-0.39, 0.29) is 6.01 Å². The standard InChI is InChI=1S/C16H20N6O2/c1-23-6-7-24-16-20-14(18)13-15(21-16)22(10-19-13)9-12-4-2-11(8-17)3-5-12/h2-5,10H,6-9,17H2,1H3,(H2,18,20,21). The Morgan fingerprint density at radius 2 is 1.83 bits per heavy atom. The Bertz CT molecular complexity index is 815. The third-order valence-corrected chi connectivity index (χ3v) is 3.60. The van der Waals surface area contributed by atoms with Crippen molar-refractivity contribution >= 4 is 17.0 Å². The SMILES string of the molecule is COCCOc1nc(N)c2ncn(Cc3ccc(CN)cc3)c2n1. The second kappa shape index (κ2) is 7.24. The summed E-state index contributed by atoms with van der Waals surface area (Å²) in [5, 5.41) is 0. The Morgan fingerprint density at radius 1 is 1.08 bits per heavy atom. The van der Waals surface area contributed by atoms with E-state index >= 15 is 0 Å². The Balaban J connectivity index is 1.86. The van der Waals surface area contributed by atoms with Crippen LogP contribution in [0.5, 0.6) is 6.01 Å². The second-order valence-electron chi connectivity index (χ2n) is 5.30. The van der Waals surface area contributed by atoms with Crippen LogP contribution in [0.1, 0.15) is 11.1 Å². The molecule has 24 heavy (non-hydrogen) atoms. The van der Waals surface area contributed by atoms with Crippen molar-refractivity contribution in [2.24, 2.45) is 5.73 Å². The van der Waals surface area contributed by atoms with Gasteiger partial charge in [-0.05, 0) is 11.1 Å². The van der Waals surface area contributed by atoms with Crippen LogP contribution in [0.25, 0.3) is 11.2 Å². The minimum absolute atomic E-state index is 0.220. The number of hydrogen-bond donors (Lipinski definition) is 2. The predicted octanol–water partition coefficient (Wildman–Crippen LogP) is 0.941. The molecule has 0 bridgehead atoms. The van der Waals surface area contributed by atoms with Crippen LogP contribution in [0.2, 0.25) is 0 Å². The molecule has 2 aromatic heterocycles. The number of anilines is 1. The van der Waals surface area contributed by atoms with Gasteiger partial charge in [0.15, 0.2) is 17.0 Å². The van der Waals surface area contributed by atoms with E-state index in [1.165, 1.54) is 0 Å². The average molecular weight is 328 g/mol. The molecule has 126 valence electrons. The van der Waals surface area contributed by atoms with E-state index in [4.69, 9.17) is 20.9 Å². The van der Waals surface area contributed by atoms with Gasteiger partial charge in [0.1, 0.15) is 6.61 Å². The minimum Gasteiger partial charge on any atom is -0.461 e. The molecule has 0 aliphatic rings. The van der Waals surface area contributed by atoms with Crippen molar-refractivity contribution in [2.75, 3.05) is 26.1 Å². The van der Waals surface area contributed by atoms with Gasteiger partial charge < -0.3 is 25.5 Å². The molecule has 8 heteroatoms. The molecule has 2 heterocycles. The van der Waals surface area contributed by atoms with Crippen LogP contribution in [-0.4, -0.2) is 39.8 Å². The fraction of sp³-hybridized carbons (Fsp3) is 0.312. The summed E-state index contributed by atoms with van der Waals surface area (Å²) in [5.74, 6) is 0.296. The molecular weight excluding hydrogens is 308 g/mol. The molecule has 8 nitrogen and oxygen atoms in total. The first kappa shape index (κ1) is 16.2. The molecule has 0 amide bonds. The van der Waals surface area contributed by atoms with Crippen molar-refractivity contribution in [3.63, 3.8) is 0 Å². The highest BCUT2D eigenvalue weighted by molar-refractivity contribution is 5.81. The van der Waals surface area contributed by atoms with Gasteiger partial charge in [0.25, 0.3) is 0 Å². The Labute approximate surface area is 139 Å². The number of ether oxygens (including phenoxy) is 2. The predicted molar refractivity (Wildman–Crippen MR) is 90.5 cm³/mol. The smallest absolute Gasteiger partial charge is 0.320 e. The highest BCUT2D eigenvalue weighted by Crippen LogP contribution is 2.20. The first-order valence-electron chi connectivity index (χ1n) is 7.59. The fourth-order valence-electron chi connectivity index (χ4n) is 2.32. The molecule has 0 fully saturated rings. The maximum atomic E-state index is 5.95. The van der Waals surface area contributed by atoms with Crippen LogP contribution in [0.3, 0.4) is 0 Å². The summed E-state index contributed by atoms with van der Waals surface area (Å²) < 4.78 is 12.3. The van der Waals surface area contributed by atoms with Crippen LogP contribution >= 0.6 is 0 Å². The van der Waals surface area contributed by atoms with Gasteiger partial charge in [0.05, 0.1) is 19.5 Å². The molecule has 0 unspecified atom stereocenters. The molecule has 0 saturated carbocycles. The average Bonchev–Trinajstić information content (AvgIpc) is 2.99. The monoisotopic (exact) mass is 328 g/mol. The number of rotatable bonds is 7. The third-order valence-electron chi connectivity index (χ3n) is 3.60. The second-order valence-corrected chi connectivity index (χ2v) is 5.30. The fourth-order valence-corrected chi connectivity index (χ4v) is 2.32. The van der Waals surface area contributed by atoms with E-state index < -0.39 is 0 Å². The molecule has 4 N–H and O–H groups in total. The van der Waals surface area contributed by atoms with E-state index in [0.29, 0.717) is 43.3 Å². The Hall–Kier alpha value is -2.71. The molecule has 3 rings (SSSR count). The number of fused-ring (bicyclic) bond motifs is 1. The summed E-state index contributed by atoms with van der Waals surface area (Å²) in [6, 6.07) is 8.31. The molecule has 0 spiro atoms. The molecular formula is C16H20N6O2. The minimum atomic E-state index is 0.220. The maximum Gasteiger partial charge on any atom is 0.320 e. The van der Waals surface area contributed by atoms with Gasteiger partial charge in [0, 0.05) is 13.7 Å². The molecule has 0 atom stereocenters. The number of nitrogens with zero attached hydrogens (tertiary/aromatic N) is 4. The van der Waals surface area contributed by atoms with E-state index in [1.54, 1.807) is 13.4 Å². The van der Waals surface area contributed by atoms with Gasteiger partial charge >= 0.3 is 6.01 Å². The number of methoxy groups -OCH3 is 1. The van der Waals surface area contributed by atoms with Crippen molar-refractivity contribution < 1.29 is 9.47 Å². The van der Waals surface area contributed by atoms with E-state index in [0.717, 1.165) is 11.1 Å². The van der Waals surface area contributed by atoms with E-state index in [2.05, 4.69) is 15.0 Å². The van der Waals surface area contributed by atoms with Crippen LogP contribution < -0.4 is 16.2 Å². The molecule has 3 aromatic rings. The maximum absolute atomic E-state index is 5.95. The highest BCUT2D eigenvalue weighted by atomic mass is 16.5. The molecule has 0 saturated heterocycles. The van der Waals surface area contributed by atoms with Gasteiger partial charge in [-0.25, -0.2) is 4.98 Å². The number of aromatic nitrogens is 4. The molecule has 0 radical (unpaired) electrons. The first-order valence-corrected chi connectivity index (χ1v) is 7.59. The highest BCUT2D eigenvalue weighted by Gasteiger charge is 2.12. The summed E-state index contributed by atoms with van der Waals surface area (Å²) in [4.78, 5) is 12.8. The van der Waals surface area contributed by atoms with Gasteiger partial charge in [-0.2, -0.15) is 9.97 Å². The number of hydrogen-bond acceptors (Lipinski definition) is 7. The van der Waals surface area contributed by atoms with Crippen LogP contribution in [-0.2, 0) is 17.8 Å². The summed E-state index contributed by atoms with van der Waals surface area (Å²) in [6.07, 6.45) is 1.70. The van der Waals surface area contributed by atoms with Crippen molar-refractivity contribution in [1.82, 2.24) is 19.5 Å². The quantitative estimate of drug-likeness (QED) is 0.620. The zero-order chi connectivity index (χ0) is 16.9. The van der Waals surface area contributed by atoms with Crippen molar-refractivity contribution in [3.05, 3.63) is 41.7 Å². The number of benzene rings is 1. The van der Waals surface area contributed by atoms with Crippen molar-refractivity contribution in [3.8, 4) is 6.01 Å². The number of nitrogen functional groups attached to an aromatic ring is 1. The van der Waals surface area contributed by atoms with Crippen LogP contribution in [0, 0.1) is 0 Å². The summed E-state index contributed by atoms with van der Waals surface area (Å²) in [7, 11) is 1.60. The van der Waals surface area contributed by atoms with E-state index in [9.17, 15) is 0 Å². The Kier molecular flexibility index (Phi) is 4.88. The van der Waals surface area contributed by atoms with Gasteiger partial charge in [-0.15, -0.1) is 0 Å². The molecule has 1 aromatic carbocycles. The largest absolute Gasteiger partial charge is 0.461 e. The zero-order valence-electron chi connectivity index (χ0n) is 13.5. The van der Waals surface area contributed by atoms with Crippen molar-refractivity contribution in [2.45, 2.75) is 13.1 Å². The van der Waals surface area contributed by atoms with Gasteiger partial charge in [0.2, 0.25) is 0 Å². The number of imidazole rings is 1. The summed E-state index contributed by atoms with van der Waals surface area (Å²) in [5.41, 5.74) is 15.0. The molecule has 0 aliphatic heterocycles. The normalized spacial score (nSPS) is 11.1. The lowest BCUT2D eigenvalue weighted by atomic mass is 10.1. The lowest BCUT2D eigenvalue weighted by Gasteiger charge is -2.07. The lowest BCUT2D eigenvalue weighted by Crippen LogP contribution is -2.09. The number of nitrogens with two attached hydrogens (primary N) is 2. The summed E-state index contributed by atoms with van der Waals surface area (Å²) in [6.45, 7) is 1.96. The molecule has 0 aliphatic carbocycles. The lowest BCUT2D eigenvalue weighted by molar-refractivity contribution is 0.141. The summed E-state index contributed by atoms with van der Waals surface area (Å²) >= 11 is 0. The van der Waals surface area contributed by atoms with Crippen LogP contribution in [0.4, 0.5) is 5.82 Å². The first-order chi connectivity index (χ1) is 11.7. The zero-order valence-corrected chi connectivity index (χ0v) is 13.5. The van der Waals surface area contributed by atoms with Gasteiger partial charge in [-0.3, -0.25) is 0 Å². The third kappa shape index (κ3) is 3.44. The van der Waals surface area contributed by atoms with Crippen molar-refractivity contribution in [1.29, 1.82) is 0 Å².